The molecule has 1 aliphatic carbocycles. The van der Waals surface area contributed by atoms with E-state index in [1.54, 1.807) is 0 Å². The molecular formula is C22H26ClN3O2S. The van der Waals surface area contributed by atoms with Gasteiger partial charge in [-0.15, -0.1) is 0 Å². The lowest BCUT2D eigenvalue weighted by Gasteiger charge is -2.29. The van der Waals surface area contributed by atoms with E-state index in [1.807, 2.05) is 18.2 Å². The summed E-state index contributed by atoms with van der Waals surface area (Å²) in [7, 11) is 2.12. The summed E-state index contributed by atoms with van der Waals surface area (Å²) >= 11 is 6.74. The molecule has 0 atom stereocenters. The van der Waals surface area contributed by atoms with E-state index in [2.05, 4.69) is 47.9 Å². The number of nitrogens with one attached hydrogen (secondary N) is 2. The van der Waals surface area contributed by atoms with Crippen molar-refractivity contribution in [1.29, 1.82) is 0 Å². The molecule has 1 aromatic carbocycles. The first-order valence-corrected chi connectivity index (χ1v) is 10.8. The molecule has 0 spiro atoms. The summed E-state index contributed by atoms with van der Waals surface area (Å²) in [4.78, 5) is 28.2. The van der Waals surface area contributed by atoms with Crippen LogP contribution in [0.1, 0.15) is 24.0 Å². The van der Waals surface area contributed by atoms with E-state index in [0.29, 0.717) is 12.8 Å². The number of likely N-dealkylation sites (N-methyl/N-ethyl adjacent to an activating group) is 1. The average molecular weight is 432 g/mol. The molecule has 2 N–H and O–H groups in total. The van der Waals surface area contributed by atoms with Crippen LogP contribution in [0.5, 0.6) is 0 Å². The van der Waals surface area contributed by atoms with E-state index in [4.69, 9.17) is 11.6 Å². The number of thioether (sulfide) groups is 1. The Labute approximate surface area is 181 Å². The molecule has 0 saturated carbocycles. The van der Waals surface area contributed by atoms with Crippen LogP contribution in [0.2, 0.25) is 0 Å². The Morgan fingerprint density at radius 2 is 1.79 bits per heavy atom. The van der Waals surface area contributed by atoms with Crippen LogP contribution >= 0.6 is 23.4 Å². The molecule has 0 saturated heterocycles. The number of rotatable bonds is 6. The Balaban J connectivity index is 1.73. The topological polar surface area (TPSA) is 61.4 Å². The van der Waals surface area contributed by atoms with Crippen molar-refractivity contribution in [3.05, 3.63) is 63.9 Å². The molecule has 7 heteroatoms. The molecule has 5 nitrogen and oxygen atoms in total. The number of nitrogens with zero attached hydrogens (tertiary/aromatic N) is 1. The average Bonchev–Trinajstić information content (AvgIpc) is 3.06. The smallest absolute Gasteiger partial charge is 0.258 e. The van der Waals surface area contributed by atoms with Crippen LogP contribution in [-0.2, 0) is 22.4 Å². The van der Waals surface area contributed by atoms with Gasteiger partial charge in [-0.05, 0) is 56.0 Å². The number of amides is 2. The Morgan fingerprint density at radius 1 is 1.14 bits per heavy atom. The quantitative estimate of drug-likeness (QED) is 0.531. The number of halogens is 1. The highest BCUT2D eigenvalue weighted by atomic mass is 35.5. The largest absolute Gasteiger partial charge is 0.337 e. The Kier molecular flexibility index (Phi) is 6.88. The third kappa shape index (κ3) is 5.32. The van der Waals surface area contributed by atoms with Gasteiger partial charge < -0.3 is 15.5 Å². The third-order valence-electron chi connectivity index (χ3n) is 5.36. The SMILES string of the molecule is C=C(Cl)SC(=C)C(=O)NC1(C(=O)Nc2ccc3c(c2)CCN(C)CC3)CC=CC1. The van der Waals surface area contributed by atoms with Crippen LogP contribution in [0.15, 0.2) is 52.8 Å². The number of carbonyl (C=O) groups excluding carboxylic acids is 2. The van der Waals surface area contributed by atoms with Crippen molar-refractivity contribution >= 4 is 40.9 Å². The Bertz CT molecular complexity index is 873. The van der Waals surface area contributed by atoms with Gasteiger partial charge >= 0.3 is 0 Å². The van der Waals surface area contributed by atoms with Gasteiger partial charge in [-0.25, -0.2) is 0 Å². The zero-order chi connectivity index (χ0) is 21.0. The number of carbonyl (C=O) groups is 2. The summed E-state index contributed by atoms with van der Waals surface area (Å²) < 4.78 is 0.254. The lowest BCUT2D eigenvalue weighted by atomic mass is 9.94. The van der Waals surface area contributed by atoms with E-state index in [9.17, 15) is 9.59 Å². The highest BCUT2D eigenvalue weighted by Crippen LogP contribution is 2.30. The molecule has 3 rings (SSSR count). The maximum atomic E-state index is 13.2. The standard InChI is InChI=1S/C22H26ClN3O2S/c1-15(29-16(2)23)20(27)25-22(10-4-5-11-22)21(28)24-19-7-6-17-8-12-26(3)13-9-18(17)14-19/h4-7,14H,1-2,8-13H2,3H3,(H,24,28)(H,25,27). The van der Waals surface area contributed by atoms with Gasteiger partial charge in [0, 0.05) is 18.8 Å². The fourth-order valence-electron chi connectivity index (χ4n) is 3.63. The molecule has 0 unspecified atom stereocenters. The first-order chi connectivity index (χ1) is 13.8. The molecular weight excluding hydrogens is 406 g/mol. The predicted octanol–water partition coefficient (Wildman–Crippen LogP) is 3.82. The Hall–Kier alpha value is -2.02. The second kappa shape index (κ2) is 9.20. The monoisotopic (exact) mass is 431 g/mol. The van der Waals surface area contributed by atoms with Crippen molar-refractivity contribution in [2.45, 2.75) is 31.2 Å². The van der Waals surface area contributed by atoms with Gasteiger partial charge in [0.05, 0.1) is 9.27 Å². The molecule has 2 amide bonds. The molecule has 154 valence electrons. The summed E-state index contributed by atoms with van der Waals surface area (Å²) in [6, 6.07) is 6.08. The van der Waals surface area contributed by atoms with Crippen LogP contribution in [-0.4, -0.2) is 42.4 Å². The molecule has 0 aromatic heterocycles. The van der Waals surface area contributed by atoms with E-state index in [0.717, 1.165) is 43.4 Å². The first kappa shape index (κ1) is 21.7. The molecule has 1 heterocycles. The Morgan fingerprint density at radius 3 is 2.45 bits per heavy atom. The summed E-state index contributed by atoms with van der Waals surface area (Å²) in [5.74, 6) is -0.648. The minimum absolute atomic E-state index is 0.207. The van der Waals surface area contributed by atoms with Crippen molar-refractivity contribution in [3.63, 3.8) is 0 Å². The number of hydrogen-bond acceptors (Lipinski definition) is 4. The normalized spacial score (nSPS) is 17.9. The van der Waals surface area contributed by atoms with Gasteiger partial charge in [0.15, 0.2) is 0 Å². The van der Waals surface area contributed by atoms with Crippen molar-refractivity contribution in [3.8, 4) is 0 Å². The maximum Gasteiger partial charge on any atom is 0.258 e. The molecule has 1 aliphatic heterocycles. The van der Waals surface area contributed by atoms with Crippen LogP contribution in [0, 0.1) is 0 Å². The number of anilines is 1. The van der Waals surface area contributed by atoms with Crippen LogP contribution in [0.4, 0.5) is 5.69 Å². The maximum absolute atomic E-state index is 13.2. The summed E-state index contributed by atoms with van der Waals surface area (Å²) in [6.45, 7) is 9.32. The van der Waals surface area contributed by atoms with Gasteiger partial charge in [-0.3, -0.25) is 9.59 Å². The van der Waals surface area contributed by atoms with Crippen LogP contribution in [0.25, 0.3) is 0 Å². The zero-order valence-corrected chi connectivity index (χ0v) is 18.2. The van der Waals surface area contributed by atoms with Crippen molar-refractivity contribution in [1.82, 2.24) is 10.2 Å². The molecule has 29 heavy (non-hydrogen) atoms. The van der Waals surface area contributed by atoms with Crippen molar-refractivity contribution in [2.75, 3.05) is 25.5 Å². The van der Waals surface area contributed by atoms with Gasteiger partial charge in [-0.1, -0.05) is 54.7 Å². The van der Waals surface area contributed by atoms with Gasteiger partial charge in [-0.2, -0.15) is 0 Å². The second-order valence-corrected chi connectivity index (χ2v) is 9.41. The number of fused-ring (bicyclic) bond motifs is 1. The zero-order valence-electron chi connectivity index (χ0n) is 16.6. The lowest BCUT2D eigenvalue weighted by Crippen LogP contribution is -2.55. The number of benzene rings is 1. The summed E-state index contributed by atoms with van der Waals surface area (Å²) in [6.07, 6.45) is 6.64. The summed E-state index contributed by atoms with van der Waals surface area (Å²) in [5, 5.41) is 5.86. The van der Waals surface area contributed by atoms with E-state index in [1.165, 1.54) is 11.1 Å². The van der Waals surface area contributed by atoms with Gasteiger partial charge in [0.25, 0.3) is 11.8 Å². The lowest BCUT2D eigenvalue weighted by molar-refractivity contribution is -0.127. The first-order valence-electron chi connectivity index (χ1n) is 9.59. The van der Waals surface area contributed by atoms with Crippen LogP contribution < -0.4 is 10.6 Å². The van der Waals surface area contributed by atoms with E-state index >= 15 is 0 Å². The molecule has 2 aliphatic rings. The number of hydrogen-bond donors (Lipinski definition) is 2. The van der Waals surface area contributed by atoms with Gasteiger partial charge in [0.1, 0.15) is 5.54 Å². The molecule has 0 radical (unpaired) electrons. The highest BCUT2D eigenvalue weighted by Gasteiger charge is 2.40. The fraction of sp³-hybridized carbons (Fsp3) is 0.364. The predicted molar refractivity (Wildman–Crippen MR) is 121 cm³/mol. The van der Waals surface area contributed by atoms with Crippen molar-refractivity contribution in [2.24, 2.45) is 0 Å². The van der Waals surface area contributed by atoms with Crippen LogP contribution in [0.3, 0.4) is 0 Å². The van der Waals surface area contributed by atoms with E-state index in [-0.39, 0.29) is 15.2 Å². The minimum Gasteiger partial charge on any atom is -0.337 e. The highest BCUT2D eigenvalue weighted by molar-refractivity contribution is 8.08. The van der Waals surface area contributed by atoms with Crippen molar-refractivity contribution < 1.29 is 9.59 Å². The molecule has 0 fully saturated rings. The van der Waals surface area contributed by atoms with E-state index < -0.39 is 11.4 Å². The fourth-order valence-corrected chi connectivity index (χ4v) is 4.32. The third-order valence-corrected chi connectivity index (χ3v) is 6.25. The molecule has 1 aromatic rings. The second-order valence-electron chi connectivity index (χ2n) is 7.54. The molecule has 0 bridgehead atoms. The summed E-state index contributed by atoms with van der Waals surface area (Å²) in [5.41, 5.74) is 2.32. The minimum atomic E-state index is -1.03. The van der Waals surface area contributed by atoms with Gasteiger partial charge in [0.2, 0.25) is 0 Å².